The molecule has 1 aliphatic heterocycles. The van der Waals surface area contributed by atoms with Crippen LogP contribution in [0.15, 0.2) is 35.7 Å². The van der Waals surface area contributed by atoms with Crippen LogP contribution >= 0.6 is 11.3 Å². The number of benzene rings is 1. The van der Waals surface area contributed by atoms with Gasteiger partial charge in [0.2, 0.25) is 0 Å². The van der Waals surface area contributed by atoms with Gasteiger partial charge in [-0.15, -0.1) is 11.3 Å². The molecule has 4 heteroatoms. The molecule has 0 spiro atoms. The highest BCUT2D eigenvalue weighted by atomic mass is 32.1. The van der Waals surface area contributed by atoms with Crippen molar-refractivity contribution in [3.05, 3.63) is 52.0 Å². The summed E-state index contributed by atoms with van der Waals surface area (Å²) in [5, 5.41) is 5.59. The second-order valence-corrected chi connectivity index (χ2v) is 6.03. The molecule has 1 aliphatic rings. The van der Waals surface area contributed by atoms with Crippen LogP contribution in [0, 0.1) is 5.82 Å². The molecule has 1 aromatic carbocycles. The monoisotopic (exact) mass is 291 g/mol. The van der Waals surface area contributed by atoms with E-state index in [0.717, 1.165) is 24.9 Å². The summed E-state index contributed by atoms with van der Waals surface area (Å²) >= 11 is 1.69. The fourth-order valence-corrected chi connectivity index (χ4v) is 3.37. The molecule has 3 rings (SSSR count). The van der Waals surface area contributed by atoms with Crippen LogP contribution in [0.4, 0.5) is 4.39 Å². The van der Waals surface area contributed by atoms with Crippen molar-refractivity contribution < 1.29 is 9.13 Å². The molecule has 1 aromatic heterocycles. The Hall–Kier alpha value is -1.39. The van der Waals surface area contributed by atoms with Crippen molar-refractivity contribution in [1.82, 2.24) is 5.32 Å². The summed E-state index contributed by atoms with van der Waals surface area (Å²) in [5.41, 5.74) is 1.06. The minimum absolute atomic E-state index is 0.0126. The molecule has 0 fully saturated rings. The number of hydrogen-bond acceptors (Lipinski definition) is 3. The molecular weight excluding hydrogens is 273 g/mol. The van der Waals surface area contributed by atoms with Gasteiger partial charge in [0.1, 0.15) is 17.7 Å². The van der Waals surface area contributed by atoms with Crippen LogP contribution in [0.3, 0.4) is 0 Å². The lowest BCUT2D eigenvalue weighted by Gasteiger charge is -2.32. The van der Waals surface area contributed by atoms with E-state index in [0.29, 0.717) is 5.75 Å². The second-order valence-electron chi connectivity index (χ2n) is 5.05. The molecule has 2 aromatic rings. The number of ether oxygens (including phenoxy) is 1. The predicted octanol–water partition coefficient (Wildman–Crippen LogP) is 4.45. The van der Waals surface area contributed by atoms with Gasteiger partial charge in [0.25, 0.3) is 0 Å². The zero-order valence-electron chi connectivity index (χ0n) is 11.4. The van der Waals surface area contributed by atoms with Gasteiger partial charge in [-0.2, -0.15) is 0 Å². The van der Waals surface area contributed by atoms with Gasteiger partial charge in [0.05, 0.1) is 0 Å². The van der Waals surface area contributed by atoms with Crippen LogP contribution in [0.2, 0.25) is 0 Å². The van der Waals surface area contributed by atoms with Gasteiger partial charge < -0.3 is 10.1 Å². The number of rotatable bonds is 4. The van der Waals surface area contributed by atoms with E-state index < -0.39 is 0 Å². The Labute approximate surface area is 122 Å². The predicted molar refractivity (Wildman–Crippen MR) is 79.7 cm³/mol. The Balaban J connectivity index is 1.90. The normalized spacial score (nSPS) is 21.3. The summed E-state index contributed by atoms with van der Waals surface area (Å²) in [6.45, 7) is 3.10. The first-order valence-corrected chi connectivity index (χ1v) is 7.88. The van der Waals surface area contributed by atoms with Crippen LogP contribution in [-0.2, 0) is 0 Å². The summed E-state index contributed by atoms with van der Waals surface area (Å²) in [6.07, 6.45) is 1.98. The maximum absolute atomic E-state index is 13.4. The highest BCUT2D eigenvalue weighted by molar-refractivity contribution is 7.10. The van der Waals surface area contributed by atoms with E-state index in [9.17, 15) is 4.39 Å². The van der Waals surface area contributed by atoms with E-state index >= 15 is 0 Å². The third-order valence-corrected chi connectivity index (χ3v) is 4.54. The van der Waals surface area contributed by atoms with E-state index in [4.69, 9.17) is 4.74 Å². The molecule has 0 amide bonds. The standard InChI is InChI=1S/C16H18FNOS/c1-2-7-18-13-10-15(16-4-3-8-20-16)19-14-9-11(17)5-6-12(13)14/h3-6,8-9,13,15,18H,2,7,10H2,1H3. The van der Waals surface area contributed by atoms with Gasteiger partial charge >= 0.3 is 0 Å². The zero-order valence-corrected chi connectivity index (χ0v) is 12.3. The van der Waals surface area contributed by atoms with Crippen molar-refractivity contribution in [2.75, 3.05) is 6.54 Å². The number of nitrogens with one attached hydrogen (secondary N) is 1. The summed E-state index contributed by atoms with van der Waals surface area (Å²) in [6, 6.07) is 9.17. The minimum Gasteiger partial charge on any atom is -0.484 e. The Morgan fingerprint density at radius 3 is 3.05 bits per heavy atom. The second kappa shape index (κ2) is 5.94. The Morgan fingerprint density at radius 1 is 1.40 bits per heavy atom. The summed E-state index contributed by atoms with van der Waals surface area (Å²) in [4.78, 5) is 1.20. The molecule has 106 valence electrons. The topological polar surface area (TPSA) is 21.3 Å². The third-order valence-electron chi connectivity index (χ3n) is 3.57. The lowest BCUT2D eigenvalue weighted by molar-refractivity contribution is 0.154. The van der Waals surface area contributed by atoms with Crippen LogP contribution in [0.1, 0.15) is 42.4 Å². The molecule has 1 N–H and O–H groups in total. The SMILES string of the molecule is CCCNC1CC(c2cccs2)Oc2cc(F)ccc21. The Bertz CT molecular complexity index is 570. The average Bonchev–Trinajstić information content (AvgIpc) is 2.98. The number of fused-ring (bicyclic) bond motifs is 1. The van der Waals surface area contributed by atoms with Crippen molar-refractivity contribution in [2.45, 2.75) is 31.9 Å². The minimum atomic E-state index is -0.246. The van der Waals surface area contributed by atoms with Crippen molar-refractivity contribution in [2.24, 2.45) is 0 Å². The van der Waals surface area contributed by atoms with Crippen LogP contribution < -0.4 is 10.1 Å². The molecule has 0 aliphatic carbocycles. The van der Waals surface area contributed by atoms with Gasteiger partial charge in [-0.3, -0.25) is 0 Å². The van der Waals surface area contributed by atoms with Crippen molar-refractivity contribution in [3.63, 3.8) is 0 Å². The summed E-state index contributed by atoms with van der Waals surface area (Å²) in [5.74, 6) is 0.424. The van der Waals surface area contributed by atoms with Crippen molar-refractivity contribution in [3.8, 4) is 5.75 Å². The van der Waals surface area contributed by atoms with Crippen LogP contribution in [-0.4, -0.2) is 6.54 Å². The zero-order chi connectivity index (χ0) is 13.9. The molecule has 20 heavy (non-hydrogen) atoms. The fraction of sp³-hybridized carbons (Fsp3) is 0.375. The molecule has 2 nitrogen and oxygen atoms in total. The van der Waals surface area contributed by atoms with E-state index in [1.165, 1.54) is 17.0 Å². The first-order valence-electron chi connectivity index (χ1n) is 7.01. The molecule has 2 atom stereocenters. The van der Waals surface area contributed by atoms with E-state index in [1.807, 2.05) is 17.5 Å². The highest BCUT2D eigenvalue weighted by Crippen LogP contribution is 2.42. The average molecular weight is 291 g/mol. The van der Waals surface area contributed by atoms with Crippen LogP contribution in [0.25, 0.3) is 0 Å². The highest BCUT2D eigenvalue weighted by Gasteiger charge is 2.29. The maximum atomic E-state index is 13.4. The van der Waals surface area contributed by atoms with E-state index in [-0.39, 0.29) is 18.0 Å². The molecule has 0 radical (unpaired) electrons. The first kappa shape index (κ1) is 13.6. The van der Waals surface area contributed by atoms with Gasteiger partial charge in [-0.25, -0.2) is 4.39 Å². The number of thiophene rings is 1. The first-order chi connectivity index (χ1) is 9.78. The van der Waals surface area contributed by atoms with Crippen LogP contribution in [0.5, 0.6) is 5.75 Å². The third kappa shape index (κ3) is 2.72. The quantitative estimate of drug-likeness (QED) is 0.898. The Morgan fingerprint density at radius 2 is 2.30 bits per heavy atom. The number of halogens is 1. The fourth-order valence-electron chi connectivity index (χ4n) is 2.60. The Kier molecular flexibility index (Phi) is 4.03. The van der Waals surface area contributed by atoms with Gasteiger partial charge in [0.15, 0.2) is 0 Å². The molecule has 2 unspecified atom stereocenters. The lowest BCUT2D eigenvalue weighted by atomic mass is 9.95. The largest absolute Gasteiger partial charge is 0.484 e. The summed E-state index contributed by atoms with van der Waals surface area (Å²) < 4.78 is 19.4. The van der Waals surface area contributed by atoms with Crippen molar-refractivity contribution >= 4 is 11.3 Å². The van der Waals surface area contributed by atoms with E-state index in [1.54, 1.807) is 11.3 Å². The van der Waals surface area contributed by atoms with Gasteiger partial charge in [0, 0.05) is 29.0 Å². The number of hydrogen-bond donors (Lipinski definition) is 1. The molecule has 2 heterocycles. The van der Waals surface area contributed by atoms with Gasteiger partial charge in [-0.1, -0.05) is 19.1 Å². The molecule has 0 bridgehead atoms. The molecular formula is C16H18FNOS. The summed E-state index contributed by atoms with van der Waals surface area (Å²) in [7, 11) is 0. The van der Waals surface area contributed by atoms with Gasteiger partial charge in [-0.05, 0) is 30.5 Å². The smallest absolute Gasteiger partial charge is 0.135 e. The molecule has 0 saturated carbocycles. The van der Waals surface area contributed by atoms with E-state index in [2.05, 4.69) is 18.3 Å². The van der Waals surface area contributed by atoms with Crippen molar-refractivity contribution in [1.29, 1.82) is 0 Å². The molecule has 0 saturated heterocycles. The maximum Gasteiger partial charge on any atom is 0.135 e. The lowest BCUT2D eigenvalue weighted by Crippen LogP contribution is -2.29.